The molecule has 0 aliphatic carbocycles. The van der Waals surface area contributed by atoms with Crippen LogP contribution in [0.4, 0.5) is 5.95 Å². The van der Waals surface area contributed by atoms with E-state index in [1.807, 2.05) is 12.4 Å². The summed E-state index contributed by atoms with van der Waals surface area (Å²) in [6.45, 7) is 12.2. The van der Waals surface area contributed by atoms with Crippen molar-refractivity contribution in [1.29, 1.82) is 0 Å². The normalized spacial score (nSPS) is 22.3. The van der Waals surface area contributed by atoms with Crippen LogP contribution >= 0.6 is 0 Å². The van der Waals surface area contributed by atoms with E-state index < -0.39 is 0 Å². The SMILES string of the molecule is CCN1CCCC1CN(Cc1cnc(N)nc1)CC1CCN(CCOC)CC1. The van der Waals surface area contributed by atoms with E-state index in [0.29, 0.717) is 12.0 Å². The van der Waals surface area contributed by atoms with Gasteiger partial charge < -0.3 is 15.4 Å². The van der Waals surface area contributed by atoms with Crippen molar-refractivity contribution in [3.63, 3.8) is 0 Å². The van der Waals surface area contributed by atoms with Crippen LogP contribution in [0.25, 0.3) is 0 Å². The fourth-order valence-electron chi connectivity index (χ4n) is 4.70. The molecule has 2 saturated heterocycles. The molecule has 7 heteroatoms. The second-order valence-electron chi connectivity index (χ2n) is 8.35. The molecule has 0 amide bonds. The third-order valence-electron chi connectivity index (χ3n) is 6.34. The molecule has 0 radical (unpaired) electrons. The first-order valence-electron chi connectivity index (χ1n) is 10.9. The molecular weight excluding hydrogens is 352 g/mol. The van der Waals surface area contributed by atoms with Crippen molar-refractivity contribution in [2.75, 3.05) is 65.3 Å². The average Bonchev–Trinajstić information content (AvgIpc) is 3.16. The molecule has 2 aliphatic rings. The van der Waals surface area contributed by atoms with E-state index in [2.05, 4.69) is 31.6 Å². The zero-order chi connectivity index (χ0) is 19.8. The molecule has 0 spiro atoms. The van der Waals surface area contributed by atoms with E-state index in [-0.39, 0.29) is 0 Å². The Balaban J connectivity index is 1.57. The second-order valence-corrected chi connectivity index (χ2v) is 8.35. The van der Waals surface area contributed by atoms with Crippen LogP contribution in [0.5, 0.6) is 0 Å². The molecule has 3 rings (SSSR count). The van der Waals surface area contributed by atoms with E-state index in [1.54, 1.807) is 7.11 Å². The maximum atomic E-state index is 5.67. The number of nitrogen functional groups attached to an aromatic ring is 1. The van der Waals surface area contributed by atoms with Gasteiger partial charge >= 0.3 is 0 Å². The summed E-state index contributed by atoms with van der Waals surface area (Å²) in [5.74, 6) is 1.12. The van der Waals surface area contributed by atoms with Crippen LogP contribution < -0.4 is 5.73 Å². The Morgan fingerprint density at radius 2 is 1.89 bits per heavy atom. The van der Waals surface area contributed by atoms with Gasteiger partial charge in [-0.2, -0.15) is 0 Å². The summed E-state index contributed by atoms with van der Waals surface area (Å²) in [6.07, 6.45) is 8.97. The maximum Gasteiger partial charge on any atom is 0.219 e. The number of nitrogens with two attached hydrogens (primary N) is 1. The number of hydrogen-bond donors (Lipinski definition) is 1. The van der Waals surface area contributed by atoms with Crippen LogP contribution in [0.2, 0.25) is 0 Å². The number of rotatable bonds is 10. The molecule has 28 heavy (non-hydrogen) atoms. The smallest absolute Gasteiger partial charge is 0.219 e. The first kappa shape index (κ1) is 21.4. The van der Waals surface area contributed by atoms with Crippen LogP contribution in [0.15, 0.2) is 12.4 Å². The molecule has 1 aromatic rings. The Hall–Kier alpha value is -1.28. The van der Waals surface area contributed by atoms with E-state index in [0.717, 1.165) is 50.8 Å². The van der Waals surface area contributed by atoms with Crippen LogP contribution in [0.1, 0.15) is 38.2 Å². The molecular formula is C21H38N6O. The Bertz CT molecular complexity index is 561. The third-order valence-corrected chi connectivity index (χ3v) is 6.34. The fraction of sp³-hybridized carbons (Fsp3) is 0.810. The molecule has 1 unspecified atom stereocenters. The number of ether oxygens (including phenoxy) is 1. The summed E-state index contributed by atoms with van der Waals surface area (Å²) in [5.41, 5.74) is 6.83. The van der Waals surface area contributed by atoms with Crippen LogP contribution in [0.3, 0.4) is 0 Å². The van der Waals surface area contributed by atoms with Gasteiger partial charge in [0, 0.05) is 57.3 Å². The van der Waals surface area contributed by atoms with Gasteiger partial charge in [-0.3, -0.25) is 9.80 Å². The van der Waals surface area contributed by atoms with Crippen molar-refractivity contribution in [2.24, 2.45) is 5.92 Å². The molecule has 0 saturated carbocycles. The topological polar surface area (TPSA) is 70.8 Å². The monoisotopic (exact) mass is 390 g/mol. The Morgan fingerprint density at radius 1 is 1.14 bits per heavy atom. The lowest BCUT2D eigenvalue weighted by atomic mass is 9.95. The van der Waals surface area contributed by atoms with Crippen LogP contribution in [0, 0.1) is 5.92 Å². The zero-order valence-electron chi connectivity index (χ0n) is 17.7. The van der Waals surface area contributed by atoms with Gasteiger partial charge in [0.25, 0.3) is 0 Å². The first-order chi connectivity index (χ1) is 13.7. The fourth-order valence-corrected chi connectivity index (χ4v) is 4.70. The van der Waals surface area contributed by atoms with E-state index in [4.69, 9.17) is 10.5 Å². The highest BCUT2D eigenvalue weighted by atomic mass is 16.5. The number of hydrogen-bond acceptors (Lipinski definition) is 7. The highest BCUT2D eigenvalue weighted by Crippen LogP contribution is 2.23. The number of methoxy groups -OCH3 is 1. The van der Waals surface area contributed by atoms with Gasteiger partial charge in [-0.05, 0) is 57.8 Å². The molecule has 2 N–H and O–H groups in total. The van der Waals surface area contributed by atoms with Crippen molar-refractivity contribution < 1.29 is 4.74 Å². The number of nitrogens with zero attached hydrogens (tertiary/aromatic N) is 5. The van der Waals surface area contributed by atoms with Gasteiger partial charge in [-0.25, -0.2) is 9.97 Å². The second kappa shape index (κ2) is 11.0. The van der Waals surface area contributed by atoms with Gasteiger partial charge in [0.1, 0.15) is 0 Å². The van der Waals surface area contributed by atoms with Gasteiger partial charge in [0.05, 0.1) is 6.61 Å². The lowest BCUT2D eigenvalue weighted by Crippen LogP contribution is -2.44. The minimum atomic E-state index is 0.353. The summed E-state index contributed by atoms with van der Waals surface area (Å²) in [6, 6.07) is 0.682. The molecule has 1 atom stereocenters. The first-order valence-corrected chi connectivity index (χ1v) is 10.9. The molecule has 2 aliphatic heterocycles. The zero-order valence-corrected chi connectivity index (χ0v) is 17.7. The number of piperidine rings is 1. The highest BCUT2D eigenvalue weighted by Gasteiger charge is 2.27. The minimum Gasteiger partial charge on any atom is -0.383 e. The number of likely N-dealkylation sites (N-methyl/N-ethyl adjacent to an activating group) is 1. The van der Waals surface area contributed by atoms with Crippen molar-refractivity contribution in [3.05, 3.63) is 18.0 Å². The summed E-state index contributed by atoms with van der Waals surface area (Å²) in [7, 11) is 1.79. The minimum absolute atomic E-state index is 0.353. The molecule has 2 fully saturated rings. The average molecular weight is 391 g/mol. The summed E-state index contributed by atoms with van der Waals surface area (Å²) in [5, 5.41) is 0. The quantitative estimate of drug-likeness (QED) is 0.652. The van der Waals surface area contributed by atoms with Gasteiger partial charge in [-0.15, -0.1) is 0 Å². The molecule has 158 valence electrons. The van der Waals surface area contributed by atoms with E-state index in [1.165, 1.54) is 45.3 Å². The number of likely N-dealkylation sites (tertiary alicyclic amines) is 2. The maximum absolute atomic E-state index is 5.67. The van der Waals surface area contributed by atoms with Crippen molar-refractivity contribution in [3.8, 4) is 0 Å². The predicted octanol–water partition coefficient (Wildman–Crippen LogP) is 1.70. The predicted molar refractivity (Wildman–Crippen MR) is 113 cm³/mol. The van der Waals surface area contributed by atoms with Crippen LogP contribution in [-0.4, -0.2) is 90.2 Å². The standard InChI is InChI=1S/C21H38N6O/c1-3-27-8-4-5-20(27)17-26(16-19-13-23-21(22)24-14-19)15-18-6-9-25(10-7-18)11-12-28-2/h13-14,18,20H,3-12,15-17H2,1-2H3,(H2,22,23,24). The van der Waals surface area contributed by atoms with E-state index >= 15 is 0 Å². The number of aromatic nitrogens is 2. The number of anilines is 1. The Morgan fingerprint density at radius 3 is 2.57 bits per heavy atom. The third kappa shape index (κ3) is 6.37. The van der Waals surface area contributed by atoms with Crippen molar-refractivity contribution in [2.45, 2.75) is 45.2 Å². The van der Waals surface area contributed by atoms with E-state index in [9.17, 15) is 0 Å². The summed E-state index contributed by atoms with van der Waals surface area (Å²) < 4.78 is 5.23. The molecule has 3 heterocycles. The summed E-state index contributed by atoms with van der Waals surface area (Å²) >= 11 is 0. The van der Waals surface area contributed by atoms with Crippen molar-refractivity contribution >= 4 is 5.95 Å². The van der Waals surface area contributed by atoms with Gasteiger partial charge in [-0.1, -0.05) is 6.92 Å². The largest absolute Gasteiger partial charge is 0.383 e. The highest BCUT2D eigenvalue weighted by molar-refractivity contribution is 5.17. The summed E-state index contributed by atoms with van der Waals surface area (Å²) in [4.78, 5) is 16.2. The lowest BCUT2D eigenvalue weighted by molar-refractivity contribution is 0.0964. The molecule has 0 bridgehead atoms. The Kier molecular flexibility index (Phi) is 8.45. The molecule has 1 aromatic heterocycles. The molecule has 0 aromatic carbocycles. The molecule has 7 nitrogen and oxygen atoms in total. The Labute approximate surface area is 170 Å². The van der Waals surface area contributed by atoms with Crippen molar-refractivity contribution in [1.82, 2.24) is 24.7 Å². The lowest BCUT2D eigenvalue weighted by Gasteiger charge is -2.36. The van der Waals surface area contributed by atoms with Gasteiger partial charge in [0.15, 0.2) is 0 Å². The van der Waals surface area contributed by atoms with Crippen LogP contribution in [-0.2, 0) is 11.3 Å². The van der Waals surface area contributed by atoms with Gasteiger partial charge in [0.2, 0.25) is 5.95 Å².